The highest BCUT2D eigenvalue weighted by Gasteiger charge is 2.24. The lowest BCUT2D eigenvalue weighted by molar-refractivity contribution is -0.121. The predicted octanol–water partition coefficient (Wildman–Crippen LogP) is 3.51. The number of carbonyl (C=O) groups is 2. The molecule has 0 aromatic carbocycles. The number of nitrogens with one attached hydrogen (secondary N) is 2. The summed E-state index contributed by atoms with van der Waals surface area (Å²) in [6.07, 6.45) is 13.6. The quantitative estimate of drug-likeness (QED) is 0.885. The third-order valence-electron chi connectivity index (χ3n) is 5.20. The lowest BCUT2D eigenvalue weighted by Gasteiger charge is -2.23. The van der Waals surface area contributed by atoms with Crippen LogP contribution < -0.4 is 10.6 Å². The van der Waals surface area contributed by atoms with Crippen molar-refractivity contribution in [2.45, 2.75) is 64.2 Å². The van der Waals surface area contributed by atoms with Gasteiger partial charge >= 0.3 is 0 Å². The lowest BCUT2D eigenvalue weighted by Crippen LogP contribution is -2.27. The van der Waals surface area contributed by atoms with Gasteiger partial charge in [0.15, 0.2) is 0 Å². The van der Waals surface area contributed by atoms with Gasteiger partial charge in [0.1, 0.15) is 0 Å². The number of hydrogen-bond acceptors (Lipinski definition) is 4. The molecule has 0 spiro atoms. The van der Waals surface area contributed by atoms with Crippen LogP contribution in [0.25, 0.3) is 0 Å². The van der Waals surface area contributed by atoms with Gasteiger partial charge in [-0.3, -0.25) is 9.59 Å². The maximum Gasteiger partial charge on any atom is 0.227 e. The van der Waals surface area contributed by atoms with Crippen LogP contribution in [-0.2, 0) is 9.59 Å². The van der Waals surface area contributed by atoms with Crippen molar-refractivity contribution in [1.82, 2.24) is 10.2 Å². The largest absolute Gasteiger partial charge is 0.323 e. The molecule has 1 heterocycles. The molecule has 0 radical (unpaired) electrons. The monoisotopic (exact) mass is 330 g/mol. The molecule has 0 bridgehead atoms. The smallest absolute Gasteiger partial charge is 0.227 e. The number of hydrogen-bond donors (Lipinski definition) is 2. The summed E-state index contributed by atoms with van der Waals surface area (Å²) in [7, 11) is 0. The SMILES string of the molecule is O=C(Nc1cnncc1NC(=O)C1CCCCC1)C1CCCCC1. The first-order valence-corrected chi connectivity index (χ1v) is 9.16. The summed E-state index contributed by atoms with van der Waals surface area (Å²) in [6, 6.07) is 0. The number of aromatic nitrogens is 2. The number of rotatable bonds is 4. The second-order valence-corrected chi connectivity index (χ2v) is 6.96. The molecule has 1 aromatic heterocycles. The van der Waals surface area contributed by atoms with Crippen molar-refractivity contribution < 1.29 is 9.59 Å². The maximum atomic E-state index is 12.4. The van der Waals surface area contributed by atoms with E-state index in [-0.39, 0.29) is 23.7 Å². The maximum absolute atomic E-state index is 12.4. The third kappa shape index (κ3) is 4.30. The Morgan fingerprint density at radius 3 is 1.46 bits per heavy atom. The van der Waals surface area contributed by atoms with Gasteiger partial charge < -0.3 is 10.6 Å². The van der Waals surface area contributed by atoms with Gasteiger partial charge in [-0.15, -0.1) is 0 Å². The molecular weight excluding hydrogens is 304 g/mol. The van der Waals surface area contributed by atoms with Crippen molar-refractivity contribution in [3.05, 3.63) is 12.4 Å². The van der Waals surface area contributed by atoms with Crippen LogP contribution in [-0.4, -0.2) is 22.0 Å². The van der Waals surface area contributed by atoms with Crippen LogP contribution in [0.1, 0.15) is 64.2 Å². The summed E-state index contributed by atoms with van der Waals surface area (Å²) in [5.41, 5.74) is 1.09. The molecule has 2 fully saturated rings. The van der Waals surface area contributed by atoms with Gasteiger partial charge in [-0.2, -0.15) is 10.2 Å². The van der Waals surface area contributed by atoms with E-state index >= 15 is 0 Å². The van der Waals surface area contributed by atoms with Crippen molar-refractivity contribution >= 4 is 23.2 Å². The molecule has 0 saturated heterocycles. The van der Waals surface area contributed by atoms with Crippen LogP contribution >= 0.6 is 0 Å². The molecule has 24 heavy (non-hydrogen) atoms. The molecule has 1 aromatic rings. The summed E-state index contributed by atoms with van der Waals surface area (Å²) in [4.78, 5) is 24.9. The van der Waals surface area contributed by atoms with Crippen LogP contribution in [0.3, 0.4) is 0 Å². The van der Waals surface area contributed by atoms with Gasteiger partial charge in [-0.05, 0) is 25.7 Å². The van der Waals surface area contributed by atoms with E-state index in [1.54, 1.807) is 0 Å². The molecule has 0 atom stereocenters. The van der Waals surface area contributed by atoms with Crippen molar-refractivity contribution in [3.8, 4) is 0 Å². The average molecular weight is 330 g/mol. The summed E-state index contributed by atoms with van der Waals surface area (Å²) in [5, 5.41) is 13.6. The normalized spacial score (nSPS) is 19.7. The number of nitrogens with zero attached hydrogens (tertiary/aromatic N) is 2. The third-order valence-corrected chi connectivity index (χ3v) is 5.20. The fourth-order valence-corrected chi connectivity index (χ4v) is 3.72. The molecule has 2 aliphatic carbocycles. The summed E-state index contributed by atoms with van der Waals surface area (Å²) in [6.45, 7) is 0. The highest BCUT2D eigenvalue weighted by molar-refractivity contribution is 6.00. The number of anilines is 2. The Morgan fingerprint density at radius 2 is 1.08 bits per heavy atom. The molecule has 0 aliphatic heterocycles. The van der Waals surface area contributed by atoms with Gasteiger partial charge in [0.05, 0.1) is 23.8 Å². The van der Waals surface area contributed by atoms with Crippen molar-refractivity contribution in [1.29, 1.82) is 0 Å². The van der Waals surface area contributed by atoms with E-state index < -0.39 is 0 Å². The molecular formula is C18H26N4O2. The topological polar surface area (TPSA) is 84.0 Å². The first-order chi connectivity index (χ1) is 11.7. The van der Waals surface area contributed by atoms with Crippen LogP contribution in [0.2, 0.25) is 0 Å². The first-order valence-electron chi connectivity index (χ1n) is 9.16. The van der Waals surface area contributed by atoms with E-state index in [2.05, 4.69) is 20.8 Å². The standard InChI is InChI=1S/C18H26N4O2/c23-17(13-7-3-1-4-8-13)21-15-11-19-20-12-16(15)22-18(24)14-9-5-2-6-10-14/h11-14H,1-10H2,(H,20,21,23)(H,19,22,24). The molecule has 3 rings (SSSR count). The van der Waals surface area contributed by atoms with Crippen LogP contribution in [0.15, 0.2) is 12.4 Å². The first kappa shape index (κ1) is 16.9. The van der Waals surface area contributed by atoms with Crippen molar-refractivity contribution in [3.63, 3.8) is 0 Å². The second kappa shape index (κ2) is 8.22. The highest BCUT2D eigenvalue weighted by atomic mass is 16.2. The molecule has 2 saturated carbocycles. The van der Waals surface area contributed by atoms with E-state index in [0.717, 1.165) is 51.4 Å². The lowest BCUT2D eigenvalue weighted by atomic mass is 9.88. The summed E-state index contributed by atoms with van der Waals surface area (Å²) >= 11 is 0. The summed E-state index contributed by atoms with van der Waals surface area (Å²) < 4.78 is 0. The fraction of sp³-hybridized carbons (Fsp3) is 0.667. The van der Waals surface area contributed by atoms with E-state index in [1.165, 1.54) is 25.2 Å². The molecule has 2 amide bonds. The summed E-state index contributed by atoms with van der Waals surface area (Å²) in [5.74, 6) is 0.175. The minimum atomic E-state index is 0.0239. The average Bonchev–Trinajstić information content (AvgIpc) is 2.64. The molecule has 6 heteroatoms. The van der Waals surface area contributed by atoms with E-state index in [1.807, 2.05) is 0 Å². The molecule has 0 unspecified atom stereocenters. The Balaban J connectivity index is 1.63. The Hall–Kier alpha value is -1.98. The van der Waals surface area contributed by atoms with Crippen LogP contribution in [0.4, 0.5) is 11.4 Å². The minimum absolute atomic E-state index is 0.0239. The highest BCUT2D eigenvalue weighted by Crippen LogP contribution is 2.28. The fourth-order valence-electron chi connectivity index (χ4n) is 3.72. The van der Waals surface area contributed by atoms with Gasteiger partial charge in [-0.25, -0.2) is 0 Å². The molecule has 130 valence electrons. The Bertz CT molecular complexity index is 527. The molecule has 6 nitrogen and oxygen atoms in total. The van der Waals surface area contributed by atoms with E-state index in [9.17, 15) is 9.59 Å². The Morgan fingerprint density at radius 1 is 0.708 bits per heavy atom. The Kier molecular flexibility index (Phi) is 5.77. The van der Waals surface area contributed by atoms with Crippen LogP contribution in [0.5, 0.6) is 0 Å². The number of carbonyl (C=O) groups excluding carboxylic acids is 2. The predicted molar refractivity (Wildman–Crippen MR) is 92.4 cm³/mol. The zero-order valence-electron chi connectivity index (χ0n) is 14.1. The van der Waals surface area contributed by atoms with E-state index in [0.29, 0.717) is 11.4 Å². The van der Waals surface area contributed by atoms with Gasteiger partial charge in [0, 0.05) is 11.8 Å². The minimum Gasteiger partial charge on any atom is -0.323 e. The molecule has 2 aliphatic rings. The van der Waals surface area contributed by atoms with Gasteiger partial charge in [0.2, 0.25) is 11.8 Å². The van der Waals surface area contributed by atoms with Gasteiger partial charge in [-0.1, -0.05) is 38.5 Å². The Labute approximate surface area is 142 Å². The van der Waals surface area contributed by atoms with Crippen LogP contribution in [0, 0.1) is 11.8 Å². The zero-order chi connectivity index (χ0) is 16.8. The second-order valence-electron chi connectivity index (χ2n) is 6.96. The van der Waals surface area contributed by atoms with Crippen molar-refractivity contribution in [2.75, 3.05) is 10.6 Å². The van der Waals surface area contributed by atoms with Crippen molar-refractivity contribution in [2.24, 2.45) is 11.8 Å². The molecule has 2 N–H and O–H groups in total. The van der Waals surface area contributed by atoms with E-state index in [4.69, 9.17) is 0 Å². The zero-order valence-corrected chi connectivity index (χ0v) is 14.1. The number of amides is 2. The van der Waals surface area contributed by atoms with Gasteiger partial charge in [0.25, 0.3) is 0 Å².